The summed E-state index contributed by atoms with van der Waals surface area (Å²) in [6.07, 6.45) is 1.65. The highest BCUT2D eigenvalue weighted by molar-refractivity contribution is 7.16. The van der Waals surface area contributed by atoms with Crippen LogP contribution < -0.4 is 15.7 Å². The van der Waals surface area contributed by atoms with Gasteiger partial charge in [0.05, 0.1) is 11.9 Å². The predicted octanol–water partition coefficient (Wildman–Crippen LogP) is 1.91. The normalized spacial score (nSPS) is 10.7. The molecule has 0 radical (unpaired) electrons. The second-order valence-electron chi connectivity index (χ2n) is 4.55. The van der Waals surface area contributed by atoms with Crippen LogP contribution in [0.3, 0.4) is 0 Å². The SMILES string of the molecule is CNc1cc(Cn2c(=O)sc3ccccc3c2=O)ccn1. The van der Waals surface area contributed by atoms with Crippen molar-refractivity contribution in [2.24, 2.45) is 0 Å². The summed E-state index contributed by atoms with van der Waals surface area (Å²) in [7, 11) is 1.77. The molecule has 106 valence electrons. The highest BCUT2D eigenvalue weighted by Gasteiger charge is 2.08. The minimum absolute atomic E-state index is 0.246. The van der Waals surface area contributed by atoms with Crippen LogP contribution >= 0.6 is 11.3 Å². The maximum atomic E-state index is 12.4. The summed E-state index contributed by atoms with van der Waals surface area (Å²) in [6.45, 7) is 0.246. The number of nitrogens with one attached hydrogen (secondary N) is 1. The molecule has 2 heterocycles. The standard InChI is InChI=1S/C15H13N3O2S/c1-16-13-8-10(6-7-17-13)9-18-14(19)11-4-2-3-5-12(11)21-15(18)20/h2-8H,9H2,1H3,(H,16,17). The molecular formula is C15H13N3O2S. The van der Waals surface area contributed by atoms with Crippen molar-refractivity contribution in [1.82, 2.24) is 9.55 Å². The molecule has 0 aliphatic rings. The monoisotopic (exact) mass is 299 g/mol. The lowest BCUT2D eigenvalue weighted by atomic mass is 10.2. The third kappa shape index (κ3) is 2.57. The lowest BCUT2D eigenvalue weighted by molar-refractivity contribution is 0.751. The van der Waals surface area contributed by atoms with Crippen LogP contribution in [0.4, 0.5) is 5.82 Å². The molecule has 1 N–H and O–H groups in total. The average molecular weight is 299 g/mol. The van der Waals surface area contributed by atoms with Crippen molar-refractivity contribution in [2.45, 2.75) is 6.54 Å². The Morgan fingerprint density at radius 2 is 2.05 bits per heavy atom. The van der Waals surface area contributed by atoms with E-state index in [4.69, 9.17) is 0 Å². The first-order valence-corrected chi connectivity index (χ1v) is 7.26. The van der Waals surface area contributed by atoms with Crippen molar-refractivity contribution in [1.29, 1.82) is 0 Å². The lowest BCUT2D eigenvalue weighted by Gasteiger charge is -2.07. The van der Waals surface area contributed by atoms with E-state index in [1.807, 2.05) is 12.1 Å². The third-order valence-corrected chi connectivity index (χ3v) is 4.17. The first-order chi connectivity index (χ1) is 10.2. The van der Waals surface area contributed by atoms with Crippen LogP contribution in [0.25, 0.3) is 10.1 Å². The summed E-state index contributed by atoms with van der Waals surface area (Å²) in [5.41, 5.74) is 0.605. The van der Waals surface area contributed by atoms with Crippen LogP contribution in [0.2, 0.25) is 0 Å². The summed E-state index contributed by atoms with van der Waals surface area (Å²) in [5.74, 6) is 0.706. The molecule has 0 spiro atoms. The van der Waals surface area contributed by atoms with Crippen molar-refractivity contribution in [3.05, 3.63) is 68.2 Å². The van der Waals surface area contributed by atoms with E-state index < -0.39 is 0 Å². The Morgan fingerprint density at radius 1 is 1.24 bits per heavy atom. The summed E-state index contributed by atoms with van der Waals surface area (Å²) in [4.78, 5) is 28.5. The Balaban J connectivity index is 2.12. The fraction of sp³-hybridized carbons (Fsp3) is 0.133. The molecule has 6 heteroatoms. The second-order valence-corrected chi connectivity index (χ2v) is 5.55. The third-order valence-electron chi connectivity index (χ3n) is 3.20. The van der Waals surface area contributed by atoms with Gasteiger partial charge in [-0.05, 0) is 29.8 Å². The molecule has 3 rings (SSSR count). The first-order valence-electron chi connectivity index (χ1n) is 6.44. The van der Waals surface area contributed by atoms with Gasteiger partial charge in [0.15, 0.2) is 0 Å². The van der Waals surface area contributed by atoms with E-state index in [0.29, 0.717) is 11.2 Å². The van der Waals surface area contributed by atoms with Crippen LogP contribution in [-0.4, -0.2) is 16.6 Å². The Bertz CT molecular complexity index is 914. The molecule has 2 aromatic heterocycles. The molecule has 0 amide bonds. The van der Waals surface area contributed by atoms with Crippen molar-refractivity contribution in [2.75, 3.05) is 12.4 Å². The molecule has 0 saturated carbocycles. The molecule has 0 aliphatic carbocycles. The van der Waals surface area contributed by atoms with E-state index in [1.54, 1.807) is 37.5 Å². The van der Waals surface area contributed by atoms with Crippen molar-refractivity contribution in [3.63, 3.8) is 0 Å². The van der Waals surface area contributed by atoms with Gasteiger partial charge in [-0.1, -0.05) is 23.5 Å². The Kier molecular flexibility index (Phi) is 3.53. The van der Waals surface area contributed by atoms with E-state index in [1.165, 1.54) is 4.57 Å². The van der Waals surface area contributed by atoms with Crippen molar-refractivity contribution in [3.8, 4) is 0 Å². The number of rotatable bonds is 3. The van der Waals surface area contributed by atoms with Crippen LogP contribution in [0, 0.1) is 0 Å². The van der Waals surface area contributed by atoms with Crippen LogP contribution in [0.1, 0.15) is 5.56 Å². The number of benzene rings is 1. The Hall–Kier alpha value is -2.47. The predicted molar refractivity (Wildman–Crippen MR) is 85.2 cm³/mol. The van der Waals surface area contributed by atoms with Gasteiger partial charge in [-0.2, -0.15) is 0 Å². The number of hydrogen-bond donors (Lipinski definition) is 1. The quantitative estimate of drug-likeness (QED) is 0.802. The first kappa shape index (κ1) is 13.5. The number of hydrogen-bond acceptors (Lipinski definition) is 5. The van der Waals surface area contributed by atoms with Gasteiger partial charge in [-0.15, -0.1) is 0 Å². The van der Waals surface area contributed by atoms with E-state index in [9.17, 15) is 9.59 Å². The number of fused-ring (bicyclic) bond motifs is 1. The van der Waals surface area contributed by atoms with Gasteiger partial charge < -0.3 is 5.32 Å². The van der Waals surface area contributed by atoms with Crippen LogP contribution in [-0.2, 0) is 6.54 Å². The van der Waals surface area contributed by atoms with E-state index in [2.05, 4.69) is 10.3 Å². The summed E-state index contributed by atoms with van der Waals surface area (Å²) in [6, 6.07) is 10.8. The molecule has 5 nitrogen and oxygen atoms in total. The number of pyridine rings is 1. The van der Waals surface area contributed by atoms with Gasteiger partial charge in [0.2, 0.25) is 0 Å². The molecule has 0 aliphatic heterocycles. The minimum Gasteiger partial charge on any atom is -0.373 e. The topological polar surface area (TPSA) is 64.0 Å². The van der Waals surface area contributed by atoms with E-state index in [0.717, 1.165) is 21.6 Å². The largest absolute Gasteiger partial charge is 0.373 e. The molecule has 0 atom stereocenters. The Labute approximate surface area is 124 Å². The van der Waals surface area contributed by atoms with Gasteiger partial charge in [-0.25, -0.2) is 4.98 Å². The molecule has 3 aromatic rings. The summed E-state index contributed by atoms with van der Waals surface area (Å²) in [5, 5.41) is 3.51. The highest BCUT2D eigenvalue weighted by atomic mass is 32.1. The average Bonchev–Trinajstić information content (AvgIpc) is 2.51. The molecule has 0 saturated heterocycles. The molecular weight excluding hydrogens is 286 g/mol. The van der Waals surface area contributed by atoms with E-state index in [-0.39, 0.29) is 17.0 Å². The number of aromatic nitrogens is 2. The number of anilines is 1. The molecule has 0 fully saturated rings. The molecule has 0 bridgehead atoms. The van der Waals surface area contributed by atoms with Crippen LogP contribution in [0.5, 0.6) is 0 Å². The zero-order valence-electron chi connectivity index (χ0n) is 11.4. The molecule has 1 aromatic carbocycles. The maximum Gasteiger partial charge on any atom is 0.310 e. The fourth-order valence-corrected chi connectivity index (χ4v) is 3.00. The summed E-state index contributed by atoms with van der Waals surface area (Å²) >= 11 is 1.09. The minimum atomic E-state index is -0.253. The Morgan fingerprint density at radius 3 is 2.86 bits per heavy atom. The molecule has 21 heavy (non-hydrogen) atoms. The number of nitrogens with zero attached hydrogens (tertiary/aromatic N) is 2. The maximum absolute atomic E-state index is 12.4. The zero-order chi connectivity index (χ0) is 14.8. The fourth-order valence-electron chi connectivity index (χ4n) is 2.14. The van der Waals surface area contributed by atoms with Gasteiger partial charge in [0, 0.05) is 17.9 Å². The van der Waals surface area contributed by atoms with Gasteiger partial charge in [0.25, 0.3) is 5.56 Å². The van der Waals surface area contributed by atoms with Crippen LogP contribution in [0.15, 0.2) is 52.2 Å². The summed E-state index contributed by atoms with van der Waals surface area (Å²) < 4.78 is 1.98. The second kappa shape index (κ2) is 5.49. The smallest absolute Gasteiger partial charge is 0.310 e. The zero-order valence-corrected chi connectivity index (χ0v) is 12.2. The van der Waals surface area contributed by atoms with Gasteiger partial charge in [0.1, 0.15) is 5.82 Å². The lowest BCUT2D eigenvalue weighted by Crippen LogP contribution is -2.31. The molecule has 0 unspecified atom stereocenters. The van der Waals surface area contributed by atoms with Gasteiger partial charge >= 0.3 is 4.87 Å². The van der Waals surface area contributed by atoms with Gasteiger partial charge in [-0.3, -0.25) is 14.2 Å². The van der Waals surface area contributed by atoms with E-state index >= 15 is 0 Å². The van der Waals surface area contributed by atoms with Crippen molar-refractivity contribution >= 4 is 27.2 Å². The van der Waals surface area contributed by atoms with Crippen molar-refractivity contribution < 1.29 is 0 Å². The highest BCUT2D eigenvalue weighted by Crippen LogP contribution is 2.12.